The number of hydrogen-bond acceptors (Lipinski definition) is 2. The molecule has 2 unspecified atom stereocenters. The third kappa shape index (κ3) is 4.33. The average molecular weight is 314 g/mol. The van der Waals surface area contributed by atoms with Gasteiger partial charge in [0, 0.05) is 6.04 Å². The molecule has 1 amide bonds. The molecule has 0 aliphatic rings. The van der Waals surface area contributed by atoms with Crippen molar-refractivity contribution in [1.29, 1.82) is 0 Å². The molecule has 1 aromatic carbocycles. The van der Waals surface area contributed by atoms with Crippen molar-refractivity contribution in [3.05, 3.63) is 29.8 Å². The van der Waals surface area contributed by atoms with Crippen LogP contribution < -0.4 is 10.1 Å². The summed E-state index contributed by atoms with van der Waals surface area (Å²) in [6, 6.07) is 7.96. The molecular weight excluding hydrogens is 294 g/mol. The molecule has 0 saturated carbocycles. The lowest BCUT2D eigenvalue weighted by atomic mass is 10.1. The van der Waals surface area contributed by atoms with Crippen LogP contribution in [0.4, 0.5) is 0 Å². The van der Waals surface area contributed by atoms with E-state index < -0.39 is 0 Å². The van der Waals surface area contributed by atoms with Crippen LogP contribution >= 0.6 is 15.9 Å². The van der Waals surface area contributed by atoms with Gasteiger partial charge in [-0.25, -0.2) is 0 Å². The zero-order valence-electron chi connectivity index (χ0n) is 11.1. The second-order valence-electron chi connectivity index (χ2n) is 4.30. The number of ether oxygens (including phenoxy) is 1. The van der Waals surface area contributed by atoms with Crippen molar-refractivity contribution >= 4 is 21.8 Å². The molecule has 0 radical (unpaired) electrons. The highest BCUT2D eigenvalue weighted by Gasteiger charge is 2.15. The number of hydrogen-bond donors (Lipinski definition) is 1. The van der Waals surface area contributed by atoms with Gasteiger partial charge in [-0.15, -0.1) is 0 Å². The Bertz CT molecular complexity index is 395. The smallest absolute Gasteiger partial charge is 0.233 e. The molecule has 18 heavy (non-hydrogen) atoms. The van der Waals surface area contributed by atoms with Crippen molar-refractivity contribution in [2.75, 3.05) is 7.11 Å². The monoisotopic (exact) mass is 313 g/mol. The first-order valence-electron chi connectivity index (χ1n) is 6.14. The van der Waals surface area contributed by atoms with Gasteiger partial charge < -0.3 is 10.1 Å². The van der Waals surface area contributed by atoms with Crippen molar-refractivity contribution < 1.29 is 9.53 Å². The van der Waals surface area contributed by atoms with E-state index in [9.17, 15) is 4.79 Å². The fraction of sp³-hybridized carbons (Fsp3) is 0.500. The molecule has 1 aromatic rings. The van der Waals surface area contributed by atoms with E-state index in [1.54, 1.807) is 7.11 Å². The quantitative estimate of drug-likeness (QED) is 0.820. The highest BCUT2D eigenvalue weighted by Crippen LogP contribution is 2.19. The van der Waals surface area contributed by atoms with Crippen LogP contribution in [0.3, 0.4) is 0 Å². The summed E-state index contributed by atoms with van der Waals surface area (Å²) in [6.45, 7) is 3.98. The lowest BCUT2D eigenvalue weighted by molar-refractivity contribution is -0.121. The molecule has 0 heterocycles. The fourth-order valence-electron chi connectivity index (χ4n) is 1.77. The van der Waals surface area contributed by atoms with Gasteiger partial charge in [0.1, 0.15) is 5.75 Å². The van der Waals surface area contributed by atoms with Crippen LogP contribution in [0, 0.1) is 0 Å². The van der Waals surface area contributed by atoms with E-state index in [0.717, 1.165) is 24.2 Å². The molecule has 0 bridgehead atoms. The van der Waals surface area contributed by atoms with E-state index in [2.05, 4.69) is 21.2 Å². The Balaban J connectivity index is 2.59. The maximum absolute atomic E-state index is 11.7. The van der Waals surface area contributed by atoms with E-state index in [0.29, 0.717) is 0 Å². The first kappa shape index (κ1) is 15.0. The van der Waals surface area contributed by atoms with E-state index >= 15 is 0 Å². The number of nitrogens with one attached hydrogen (secondary N) is 1. The predicted molar refractivity (Wildman–Crippen MR) is 77.3 cm³/mol. The van der Waals surface area contributed by atoms with Crippen LogP contribution in [0.1, 0.15) is 25.8 Å². The normalized spacial score (nSPS) is 13.8. The first-order valence-corrected chi connectivity index (χ1v) is 7.06. The maximum Gasteiger partial charge on any atom is 0.233 e. The summed E-state index contributed by atoms with van der Waals surface area (Å²) in [5, 5.41) is 2.99. The third-order valence-corrected chi connectivity index (χ3v) is 3.81. The molecule has 3 nitrogen and oxygen atoms in total. The Morgan fingerprint density at radius 2 is 2.11 bits per heavy atom. The Hall–Kier alpha value is -1.03. The van der Waals surface area contributed by atoms with E-state index in [1.165, 1.54) is 0 Å². The Morgan fingerprint density at radius 3 is 2.72 bits per heavy atom. The molecule has 0 saturated heterocycles. The fourth-order valence-corrected chi connectivity index (χ4v) is 1.90. The van der Waals surface area contributed by atoms with E-state index in [-0.39, 0.29) is 16.8 Å². The third-order valence-electron chi connectivity index (χ3n) is 2.75. The van der Waals surface area contributed by atoms with Gasteiger partial charge in [-0.1, -0.05) is 41.1 Å². The number of carbonyl (C=O) groups excluding carboxylic acids is 1. The van der Waals surface area contributed by atoms with Crippen molar-refractivity contribution in [2.45, 2.75) is 37.6 Å². The molecule has 0 aliphatic carbocycles. The van der Waals surface area contributed by atoms with Crippen molar-refractivity contribution in [3.8, 4) is 5.75 Å². The maximum atomic E-state index is 11.7. The Morgan fingerprint density at radius 1 is 1.44 bits per heavy atom. The van der Waals surface area contributed by atoms with Gasteiger partial charge in [0.05, 0.1) is 11.9 Å². The molecule has 0 aliphatic heterocycles. The van der Waals surface area contributed by atoms with Crippen LogP contribution in [-0.4, -0.2) is 23.9 Å². The molecule has 1 rings (SSSR count). The standard InChI is InChI=1S/C14H20BrNO2/c1-4-12(15)14(17)16-10(2)9-11-7-5-6-8-13(11)18-3/h5-8,10,12H,4,9H2,1-3H3,(H,16,17). The van der Waals surface area contributed by atoms with Gasteiger partial charge in [0.25, 0.3) is 0 Å². The lowest BCUT2D eigenvalue weighted by Crippen LogP contribution is -2.38. The second-order valence-corrected chi connectivity index (χ2v) is 5.41. The minimum atomic E-state index is -0.113. The molecule has 1 N–H and O–H groups in total. The molecule has 4 heteroatoms. The number of benzene rings is 1. The largest absolute Gasteiger partial charge is 0.496 e. The molecule has 0 aromatic heterocycles. The van der Waals surface area contributed by atoms with Gasteiger partial charge in [-0.3, -0.25) is 4.79 Å². The minimum Gasteiger partial charge on any atom is -0.496 e. The van der Waals surface area contributed by atoms with Crippen LogP contribution in [0.15, 0.2) is 24.3 Å². The van der Waals surface area contributed by atoms with Crippen molar-refractivity contribution in [2.24, 2.45) is 0 Å². The van der Waals surface area contributed by atoms with E-state index in [4.69, 9.17) is 4.74 Å². The molecule has 2 atom stereocenters. The highest BCUT2D eigenvalue weighted by molar-refractivity contribution is 9.10. The number of para-hydroxylation sites is 1. The number of rotatable bonds is 6. The summed E-state index contributed by atoms with van der Waals surface area (Å²) >= 11 is 3.35. The number of amides is 1. The zero-order valence-corrected chi connectivity index (χ0v) is 12.7. The van der Waals surface area contributed by atoms with Gasteiger partial charge in [-0.2, -0.15) is 0 Å². The summed E-state index contributed by atoms with van der Waals surface area (Å²) in [7, 11) is 1.66. The van der Waals surface area contributed by atoms with Gasteiger partial charge in [0.15, 0.2) is 0 Å². The van der Waals surface area contributed by atoms with Crippen molar-refractivity contribution in [1.82, 2.24) is 5.32 Å². The predicted octanol–water partition coefficient (Wildman–Crippen LogP) is 2.92. The Kier molecular flexibility index (Phi) is 6.19. The second kappa shape index (κ2) is 7.41. The minimum absolute atomic E-state index is 0.0416. The number of methoxy groups -OCH3 is 1. The number of alkyl halides is 1. The zero-order chi connectivity index (χ0) is 13.5. The first-order chi connectivity index (χ1) is 8.58. The van der Waals surface area contributed by atoms with Crippen LogP contribution in [-0.2, 0) is 11.2 Å². The molecular formula is C14H20BrNO2. The lowest BCUT2D eigenvalue weighted by Gasteiger charge is -2.17. The van der Waals surface area contributed by atoms with Crippen LogP contribution in [0.2, 0.25) is 0 Å². The highest BCUT2D eigenvalue weighted by atomic mass is 79.9. The van der Waals surface area contributed by atoms with Crippen LogP contribution in [0.25, 0.3) is 0 Å². The molecule has 0 spiro atoms. The summed E-state index contributed by atoms with van der Waals surface area (Å²) < 4.78 is 5.30. The van der Waals surface area contributed by atoms with Gasteiger partial charge in [0.2, 0.25) is 5.91 Å². The molecule has 100 valence electrons. The number of carbonyl (C=O) groups is 1. The Labute approximate surface area is 117 Å². The number of halogens is 1. The van der Waals surface area contributed by atoms with Gasteiger partial charge in [-0.05, 0) is 31.4 Å². The SMILES string of the molecule is CCC(Br)C(=O)NC(C)Cc1ccccc1OC. The van der Waals surface area contributed by atoms with Crippen LogP contribution in [0.5, 0.6) is 5.75 Å². The topological polar surface area (TPSA) is 38.3 Å². The van der Waals surface area contributed by atoms with Gasteiger partial charge >= 0.3 is 0 Å². The summed E-state index contributed by atoms with van der Waals surface area (Å²) in [5.41, 5.74) is 1.11. The van der Waals surface area contributed by atoms with Crippen molar-refractivity contribution in [3.63, 3.8) is 0 Å². The summed E-state index contributed by atoms with van der Waals surface area (Å²) in [6.07, 6.45) is 1.55. The average Bonchev–Trinajstić information content (AvgIpc) is 2.38. The summed E-state index contributed by atoms with van der Waals surface area (Å²) in [4.78, 5) is 11.6. The summed E-state index contributed by atoms with van der Waals surface area (Å²) in [5.74, 6) is 0.907. The molecule has 0 fully saturated rings. The van der Waals surface area contributed by atoms with E-state index in [1.807, 2.05) is 38.1 Å².